The molecule has 0 aliphatic rings. The van der Waals surface area contributed by atoms with Crippen LogP contribution in [0.4, 0.5) is 0 Å². The molecule has 2 rings (SSSR count). The molecule has 0 unspecified atom stereocenters. The molecule has 0 aromatic carbocycles. The first-order chi connectivity index (χ1) is 7.66. The number of pyridine rings is 1. The number of hydrogen-bond acceptors (Lipinski definition) is 2. The highest BCUT2D eigenvalue weighted by atomic mass is 35.5. The Hall–Kier alpha value is -1.73. The van der Waals surface area contributed by atoms with Crippen LogP contribution in [0.1, 0.15) is 6.92 Å². The van der Waals surface area contributed by atoms with Crippen molar-refractivity contribution in [3.8, 4) is 11.8 Å². The Morgan fingerprint density at radius 3 is 3.00 bits per heavy atom. The van der Waals surface area contributed by atoms with Crippen LogP contribution < -0.4 is 5.69 Å². The maximum atomic E-state index is 11.9. The lowest BCUT2D eigenvalue weighted by molar-refractivity contribution is 0.759. The summed E-state index contributed by atoms with van der Waals surface area (Å²) in [5, 5.41) is 0.327. The zero-order valence-electron chi connectivity index (χ0n) is 8.99. The molecular weight excluding hydrogens is 226 g/mol. The molecule has 0 saturated heterocycles. The second-order valence-electron chi connectivity index (χ2n) is 3.32. The normalized spacial score (nSPS) is 10.2. The van der Waals surface area contributed by atoms with Gasteiger partial charge in [0.25, 0.3) is 0 Å². The average molecular weight is 236 g/mol. The van der Waals surface area contributed by atoms with Crippen molar-refractivity contribution in [1.82, 2.24) is 14.1 Å². The summed E-state index contributed by atoms with van der Waals surface area (Å²) in [5.41, 5.74) is 1.27. The van der Waals surface area contributed by atoms with Crippen molar-refractivity contribution < 1.29 is 0 Å². The van der Waals surface area contributed by atoms with Crippen LogP contribution in [-0.2, 0) is 13.6 Å². The fourth-order valence-electron chi connectivity index (χ4n) is 1.62. The summed E-state index contributed by atoms with van der Waals surface area (Å²) in [6.07, 6.45) is 1.58. The zero-order chi connectivity index (χ0) is 11.7. The van der Waals surface area contributed by atoms with Crippen molar-refractivity contribution >= 4 is 22.6 Å². The van der Waals surface area contributed by atoms with E-state index in [1.807, 2.05) is 0 Å². The number of aryl methyl sites for hydroxylation is 1. The highest BCUT2D eigenvalue weighted by Crippen LogP contribution is 2.19. The third-order valence-electron chi connectivity index (χ3n) is 2.42. The molecule has 0 spiro atoms. The van der Waals surface area contributed by atoms with Gasteiger partial charge in [0.2, 0.25) is 0 Å². The van der Waals surface area contributed by atoms with Crippen LogP contribution in [0, 0.1) is 11.8 Å². The van der Waals surface area contributed by atoms with Gasteiger partial charge in [0.1, 0.15) is 5.52 Å². The van der Waals surface area contributed by atoms with Gasteiger partial charge in [0.15, 0.2) is 5.15 Å². The van der Waals surface area contributed by atoms with E-state index >= 15 is 0 Å². The summed E-state index contributed by atoms with van der Waals surface area (Å²) in [6, 6.07) is 1.76. The maximum absolute atomic E-state index is 11.9. The summed E-state index contributed by atoms with van der Waals surface area (Å²) in [7, 11) is 1.71. The summed E-state index contributed by atoms with van der Waals surface area (Å²) in [4.78, 5) is 15.9. The molecule has 0 aliphatic carbocycles. The minimum atomic E-state index is -0.132. The molecule has 0 atom stereocenters. The lowest BCUT2D eigenvalue weighted by Gasteiger charge is -1.97. The predicted octanol–water partition coefficient (Wildman–Crippen LogP) is 1.41. The zero-order valence-corrected chi connectivity index (χ0v) is 9.75. The second-order valence-corrected chi connectivity index (χ2v) is 3.68. The molecule has 2 heterocycles. The van der Waals surface area contributed by atoms with Crippen molar-refractivity contribution in [3.63, 3.8) is 0 Å². The van der Waals surface area contributed by atoms with Crippen LogP contribution in [-0.4, -0.2) is 14.1 Å². The lowest BCUT2D eigenvalue weighted by atomic mass is 10.4. The van der Waals surface area contributed by atoms with Gasteiger partial charge in [0, 0.05) is 13.2 Å². The number of imidazole rings is 1. The van der Waals surface area contributed by atoms with Gasteiger partial charge in [-0.05, 0) is 13.0 Å². The Labute approximate surface area is 97.5 Å². The van der Waals surface area contributed by atoms with Crippen molar-refractivity contribution in [2.45, 2.75) is 13.5 Å². The molecule has 0 aliphatic heterocycles. The summed E-state index contributed by atoms with van der Waals surface area (Å²) in [6.45, 7) is 2.06. The molecule has 0 saturated carbocycles. The van der Waals surface area contributed by atoms with Gasteiger partial charge in [-0.2, -0.15) is 0 Å². The van der Waals surface area contributed by atoms with Gasteiger partial charge in [-0.3, -0.25) is 9.13 Å². The van der Waals surface area contributed by atoms with Crippen LogP contribution in [0.5, 0.6) is 0 Å². The lowest BCUT2D eigenvalue weighted by Crippen LogP contribution is -2.21. The van der Waals surface area contributed by atoms with Crippen LogP contribution in [0.2, 0.25) is 5.15 Å². The van der Waals surface area contributed by atoms with Crippen molar-refractivity contribution in [2.75, 3.05) is 0 Å². The average Bonchev–Trinajstić information content (AvgIpc) is 2.52. The first-order valence-corrected chi connectivity index (χ1v) is 5.14. The number of nitrogens with zero attached hydrogens (tertiary/aromatic N) is 3. The van der Waals surface area contributed by atoms with Gasteiger partial charge in [-0.25, -0.2) is 9.78 Å². The first kappa shape index (κ1) is 10.8. The summed E-state index contributed by atoms with van der Waals surface area (Å²) in [5.74, 6) is 5.61. The molecule has 2 aromatic rings. The summed E-state index contributed by atoms with van der Waals surface area (Å²) < 4.78 is 3.07. The van der Waals surface area contributed by atoms with E-state index in [0.717, 1.165) is 5.52 Å². The van der Waals surface area contributed by atoms with E-state index in [1.165, 1.54) is 4.57 Å². The molecular formula is C11H10ClN3O. The largest absolute Gasteiger partial charge is 0.329 e. The van der Waals surface area contributed by atoms with E-state index in [1.54, 1.807) is 30.8 Å². The Morgan fingerprint density at radius 1 is 1.56 bits per heavy atom. The molecule has 0 N–H and O–H groups in total. The molecule has 0 amide bonds. The topological polar surface area (TPSA) is 39.8 Å². The maximum Gasteiger partial charge on any atom is 0.329 e. The fourth-order valence-corrected chi connectivity index (χ4v) is 1.88. The van der Waals surface area contributed by atoms with Crippen molar-refractivity contribution in [2.24, 2.45) is 7.05 Å². The second kappa shape index (κ2) is 4.03. The quantitative estimate of drug-likeness (QED) is 0.554. The van der Waals surface area contributed by atoms with Crippen LogP contribution in [0.15, 0.2) is 17.1 Å². The standard InChI is InChI=1S/C11H10ClN3O/c1-3-4-7-15-9-8(14(2)11(15)16)5-6-13-10(9)12/h5-6H,7H2,1-2H3. The molecule has 0 radical (unpaired) electrons. The minimum Gasteiger partial charge on any atom is -0.295 e. The van der Waals surface area contributed by atoms with Gasteiger partial charge >= 0.3 is 5.69 Å². The van der Waals surface area contributed by atoms with E-state index in [9.17, 15) is 4.79 Å². The Balaban J connectivity index is 2.84. The molecule has 5 heteroatoms. The highest BCUT2D eigenvalue weighted by molar-refractivity contribution is 6.33. The Bertz CT molecular complexity index is 657. The van der Waals surface area contributed by atoms with E-state index in [-0.39, 0.29) is 5.69 Å². The molecule has 0 bridgehead atoms. The Kier molecular flexibility index (Phi) is 2.71. The monoisotopic (exact) mass is 235 g/mol. The molecule has 4 nitrogen and oxygen atoms in total. The third-order valence-corrected chi connectivity index (χ3v) is 2.70. The fraction of sp³-hybridized carbons (Fsp3) is 0.273. The molecule has 16 heavy (non-hydrogen) atoms. The number of aromatic nitrogens is 3. The van der Waals surface area contributed by atoms with Crippen molar-refractivity contribution in [1.29, 1.82) is 0 Å². The Morgan fingerprint density at radius 2 is 2.31 bits per heavy atom. The SMILES string of the molecule is CC#CCn1c(=O)n(C)c2ccnc(Cl)c21. The summed E-state index contributed by atoms with van der Waals surface area (Å²) >= 11 is 5.99. The smallest absolute Gasteiger partial charge is 0.295 e. The van der Waals surface area contributed by atoms with E-state index in [4.69, 9.17) is 11.6 Å². The van der Waals surface area contributed by atoms with Crippen LogP contribution in [0.3, 0.4) is 0 Å². The first-order valence-electron chi connectivity index (χ1n) is 4.76. The molecule has 82 valence electrons. The molecule has 2 aromatic heterocycles. The number of rotatable bonds is 1. The van der Waals surface area contributed by atoms with E-state index in [0.29, 0.717) is 17.2 Å². The van der Waals surface area contributed by atoms with E-state index in [2.05, 4.69) is 16.8 Å². The van der Waals surface area contributed by atoms with E-state index < -0.39 is 0 Å². The number of halogens is 1. The number of fused-ring (bicyclic) bond motifs is 1. The van der Waals surface area contributed by atoms with Gasteiger partial charge in [-0.1, -0.05) is 17.5 Å². The van der Waals surface area contributed by atoms with Crippen LogP contribution >= 0.6 is 11.6 Å². The third kappa shape index (κ3) is 1.50. The van der Waals surface area contributed by atoms with Gasteiger partial charge < -0.3 is 0 Å². The minimum absolute atomic E-state index is 0.132. The number of hydrogen-bond donors (Lipinski definition) is 0. The van der Waals surface area contributed by atoms with Gasteiger partial charge in [-0.15, -0.1) is 5.92 Å². The van der Waals surface area contributed by atoms with Crippen molar-refractivity contribution in [3.05, 3.63) is 27.9 Å². The highest BCUT2D eigenvalue weighted by Gasteiger charge is 2.12. The van der Waals surface area contributed by atoms with Gasteiger partial charge in [0.05, 0.1) is 12.1 Å². The van der Waals surface area contributed by atoms with Crippen LogP contribution in [0.25, 0.3) is 11.0 Å². The molecule has 0 fully saturated rings. The predicted molar refractivity (Wildman–Crippen MR) is 63.4 cm³/mol.